The molecule has 1 aromatic heterocycles. The predicted molar refractivity (Wildman–Crippen MR) is 129 cm³/mol. The molecule has 0 aliphatic rings. The van der Waals surface area contributed by atoms with E-state index in [0.29, 0.717) is 24.2 Å². The molecule has 6 nitrogen and oxygen atoms in total. The highest BCUT2D eigenvalue weighted by Crippen LogP contribution is 2.32. The van der Waals surface area contributed by atoms with E-state index in [4.69, 9.17) is 4.52 Å². The lowest BCUT2D eigenvalue weighted by atomic mass is 9.93. The molecule has 31 heavy (non-hydrogen) atoms. The minimum atomic E-state index is -0.302. The molecule has 0 bridgehead atoms. The molecule has 1 aromatic carbocycles. The third-order valence-electron chi connectivity index (χ3n) is 5.45. The number of nitrogens with zero attached hydrogens (tertiary/aromatic N) is 2. The third kappa shape index (κ3) is 7.69. The molecule has 0 spiro atoms. The Morgan fingerprint density at radius 1 is 1.00 bits per heavy atom. The number of nitrogens with one attached hydrogen (secondary N) is 2. The van der Waals surface area contributed by atoms with Gasteiger partial charge in [0.25, 0.3) is 0 Å². The summed E-state index contributed by atoms with van der Waals surface area (Å²) in [6.45, 7) is 15.7. The summed E-state index contributed by atoms with van der Waals surface area (Å²) < 4.78 is 5.50. The summed E-state index contributed by atoms with van der Waals surface area (Å²) in [5.74, 6) is 1.83. The summed E-state index contributed by atoms with van der Waals surface area (Å²) >= 11 is 0. The van der Waals surface area contributed by atoms with E-state index < -0.39 is 0 Å². The summed E-state index contributed by atoms with van der Waals surface area (Å²) in [7, 11) is 0. The minimum Gasteiger partial charge on any atom is -0.358 e. The monoisotopic (exact) mass is 428 g/mol. The van der Waals surface area contributed by atoms with E-state index in [9.17, 15) is 4.79 Å². The third-order valence-corrected chi connectivity index (χ3v) is 5.45. The second-order valence-corrected chi connectivity index (χ2v) is 8.86. The lowest BCUT2D eigenvalue weighted by molar-refractivity contribution is 0.225. The number of carbonyl (C=O) groups excluding carboxylic acids is 1. The van der Waals surface area contributed by atoms with Crippen molar-refractivity contribution in [2.24, 2.45) is 0 Å². The standard InChI is InChI=1S/C25H40N4O2/c1-7-9-14-29(15-10-8-2)17-20-16-23(28-31-20)26-25(30)27-24-21(18(3)4)12-11-13-22(24)19(5)6/h11-13,16,18-19H,7-10,14-15,17H2,1-6H3,(H2,26,27,28,30). The highest BCUT2D eigenvalue weighted by Gasteiger charge is 2.17. The molecule has 2 rings (SSSR count). The van der Waals surface area contributed by atoms with Crippen LogP contribution in [0.4, 0.5) is 16.3 Å². The molecule has 0 saturated heterocycles. The summed E-state index contributed by atoms with van der Waals surface area (Å²) in [4.78, 5) is 15.1. The van der Waals surface area contributed by atoms with Gasteiger partial charge in [-0.05, 0) is 48.9 Å². The average molecular weight is 429 g/mol. The van der Waals surface area contributed by atoms with Crippen LogP contribution >= 0.6 is 0 Å². The average Bonchev–Trinajstić information content (AvgIpc) is 3.16. The van der Waals surface area contributed by atoms with E-state index in [2.05, 4.69) is 80.4 Å². The van der Waals surface area contributed by atoms with Gasteiger partial charge >= 0.3 is 6.03 Å². The van der Waals surface area contributed by atoms with Crippen molar-refractivity contribution in [3.63, 3.8) is 0 Å². The number of urea groups is 1. The van der Waals surface area contributed by atoms with Crippen LogP contribution in [0.5, 0.6) is 0 Å². The Bertz CT molecular complexity index is 779. The number of aromatic nitrogens is 1. The molecule has 2 N–H and O–H groups in total. The minimum absolute atomic E-state index is 0.302. The highest BCUT2D eigenvalue weighted by atomic mass is 16.5. The van der Waals surface area contributed by atoms with Crippen LogP contribution in [0.3, 0.4) is 0 Å². The number of benzene rings is 1. The van der Waals surface area contributed by atoms with Crippen molar-refractivity contribution < 1.29 is 9.32 Å². The number of amides is 2. The first-order valence-electron chi connectivity index (χ1n) is 11.7. The van der Waals surface area contributed by atoms with Gasteiger partial charge in [0.15, 0.2) is 11.6 Å². The van der Waals surface area contributed by atoms with Gasteiger partial charge in [-0.15, -0.1) is 0 Å². The first-order valence-corrected chi connectivity index (χ1v) is 11.7. The van der Waals surface area contributed by atoms with Gasteiger partial charge in [-0.1, -0.05) is 77.7 Å². The normalized spacial score (nSPS) is 11.5. The number of carbonyl (C=O) groups is 1. The molecule has 0 unspecified atom stereocenters. The smallest absolute Gasteiger partial charge is 0.324 e. The highest BCUT2D eigenvalue weighted by molar-refractivity contribution is 6.00. The summed E-state index contributed by atoms with van der Waals surface area (Å²) in [6.07, 6.45) is 4.67. The van der Waals surface area contributed by atoms with Crippen LogP contribution in [0.15, 0.2) is 28.8 Å². The van der Waals surface area contributed by atoms with Crippen molar-refractivity contribution >= 4 is 17.5 Å². The maximum absolute atomic E-state index is 12.7. The number of unbranched alkanes of at least 4 members (excludes halogenated alkanes) is 2. The van der Waals surface area contributed by atoms with Crippen molar-refractivity contribution in [2.45, 2.75) is 85.6 Å². The SMILES string of the molecule is CCCCN(CCCC)Cc1cc(NC(=O)Nc2c(C(C)C)cccc2C(C)C)no1. The van der Waals surface area contributed by atoms with Crippen molar-refractivity contribution in [2.75, 3.05) is 23.7 Å². The molecule has 6 heteroatoms. The van der Waals surface area contributed by atoms with Crippen LogP contribution in [0.2, 0.25) is 0 Å². The Balaban J connectivity index is 2.05. The topological polar surface area (TPSA) is 70.4 Å². The van der Waals surface area contributed by atoms with Crippen molar-refractivity contribution in [3.8, 4) is 0 Å². The van der Waals surface area contributed by atoms with E-state index in [1.807, 2.05) is 6.07 Å². The van der Waals surface area contributed by atoms with Gasteiger partial charge in [0.1, 0.15) is 0 Å². The molecule has 0 saturated carbocycles. The second kappa shape index (κ2) is 12.5. The molecule has 0 aliphatic heterocycles. The zero-order valence-corrected chi connectivity index (χ0v) is 20.1. The molecule has 0 fully saturated rings. The Morgan fingerprint density at radius 2 is 1.58 bits per heavy atom. The van der Waals surface area contributed by atoms with E-state index in [-0.39, 0.29) is 6.03 Å². The Hall–Kier alpha value is -2.34. The molecule has 2 aromatic rings. The van der Waals surface area contributed by atoms with Gasteiger partial charge in [0.2, 0.25) is 0 Å². The Kier molecular flexibility index (Phi) is 10.0. The van der Waals surface area contributed by atoms with Gasteiger partial charge in [0, 0.05) is 11.8 Å². The van der Waals surface area contributed by atoms with Gasteiger partial charge in [-0.25, -0.2) is 4.79 Å². The first kappa shape index (κ1) is 24.9. The Morgan fingerprint density at radius 3 is 2.10 bits per heavy atom. The molecular formula is C25H40N4O2. The number of anilines is 2. The van der Waals surface area contributed by atoms with Gasteiger partial charge in [0.05, 0.1) is 6.54 Å². The van der Waals surface area contributed by atoms with Crippen molar-refractivity contribution in [1.29, 1.82) is 0 Å². The molecule has 1 heterocycles. The fraction of sp³-hybridized carbons (Fsp3) is 0.600. The fourth-order valence-corrected chi connectivity index (χ4v) is 3.66. The van der Waals surface area contributed by atoms with Crippen LogP contribution in [-0.2, 0) is 6.54 Å². The molecule has 0 aliphatic carbocycles. The zero-order chi connectivity index (χ0) is 22.8. The quantitative estimate of drug-likeness (QED) is 0.383. The van der Waals surface area contributed by atoms with Crippen LogP contribution in [-0.4, -0.2) is 29.2 Å². The maximum Gasteiger partial charge on any atom is 0.324 e. The van der Waals surface area contributed by atoms with Crippen LogP contribution < -0.4 is 10.6 Å². The van der Waals surface area contributed by atoms with Crippen LogP contribution in [0.1, 0.15) is 95.9 Å². The largest absolute Gasteiger partial charge is 0.358 e. The zero-order valence-electron chi connectivity index (χ0n) is 20.1. The van der Waals surface area contributed by atoms with Gasteiger partial charge in [-0.3, -0.25) is 10.2 Å². The van der Waals surface area contributed by atoms with Crippen molar-refractivity contribution in [3.05, 3.63) is 41.2 Å². The number of rotatable bonds is 12. The van der Waals surface area contributed by atoms with E-state index in [0.717, 1.165) is 35.7 Å². The number of hydrogen-bond donors (Lipinski definition) is 2. The predicted octanol–water partition coefficient (Wildman–Crippen LogP) is 6.97. The second-order valence-electron chi connectivity index (χ2n) is 8.86. The van der Waals surface area contributed by atoms with E-state index in [1.54, 1.807) is 0 Å². The van der Waals surface area contributed by atoms with E-state index in [1.165, 1.54) is 25.7 Å². The Labute approximate surface area is 187 Å². The lowest BCUT2D eigenvalue weighted by Gasteiger charge is -2.20. The molecule has 0 radical (unpaired) electrons. The molecule has 172 valence electrons. The van der Waals surface area contributed by atoms with Crippen LogP contribution in [0.25, 0.3) is 0 Å². The number of para-hydroxylation sites is 1. The maximum atomic E-state index is 12.7. The van der Waals surface area contributed by atoms with Gasteiger partial charge in [-0.2, -0.15) is 0 Å². The fourth-order valence-electron chi connectivity index (χ4n) is 3.66. The summed E-state index contributed by atoms with van der Waals surface area (Å²) in [6, 6.07) is 7.72. The summed E-state index contributed by atoms with van der Waals surface area (Å²) in [5.41, 5.74) is 3.15. The van der Waals surface area contributed by atoms with Gasteiger partial charge < -0.3 is 9.84 Å². The lowest BCUT2D eigenvalue weighted by Crippen LogP contribution is -2.25. The molecule has 2 amide bonds. The first-order chi connectivity index (χ1) is 14.8. The van der Waals surface area contributed by atoms with Crippen molar-refractivity contribution in [1.82, 2.24) is 10.1 Å². The summed E-state index contributed by atoms with van der Waals surface area (Å²) in [5, 5.41) is 9.94. The van der Waals surface area contributed by atoms with Crippen LogP contribution in [0, 0.1) is 0 Å². The molecular weight excluding hydrogens is 388 g/mol. The molecule has 0 atom stereocenters. The number of hydrogen-bond acceptors (Lipinski definition) is 4. The van der Waals surface area contributed by atoms with E-state index >= 15 is 0 Å².